The molecule has 170 valence electrons. The smallest absolute Gasteiger partial charge is 0.265 e. The summed E-state index contributed by atoms with van der Waals surface area (Å²) in [6, 6.07) is 21.9. The normalized spacial score (nSPS) is 11.0. The molecular weight excluding hydrogens is 462 g/mol. The van der Waals surface area contributed by atoms with Gasteiger partial charge >= 0.3 is 0 Å². The summed E-state index contributed by atoms with van der Waals surface area (Å²) in [4.78, 5) is 15.5. The standard InChI is InChI=1S/C26H23N5OS2/c1-2-17-5-7-18(8-6-17)15-31-16-22(29-30-31)24-11-12-25(34-24)26(32)28-21-14-19(9-10-20(21)27)23-4-3-13-33-23/h3-14,16H,2,15,27H2,1H3,(H,28,32). The number of benzene rings is 2. The first kappa shape index (κ1) is 22.1. The van der Waals surface area contributed by atoms with Crippen LogP contribution in [0.4, 0.5) is 11.4 Å². The van der Waals surface area contributed by atoms with Crippen LogP contribution in [0.2, 0.25) is 0 Å². The zero-order valence-electron chi connectivity index (χ0n) is 18.6. The van der Waals surface area contributed by atoms with E-state index in [1.54, 1.807) is 17.4 Å². The van der Waals surface area contributed by atoms with E-state index in [4.69, 9.17) is 5.73 Å². The summed E-state index contributed by atoms with van der Waals surface area (Å²) in [5.74, 6) is -0.199. The van der Waals surface area contributed by atoms with Crippen molar-refractivity contribution in [2.75, 3.05) is 11.1 Å². The summed E-state index contributed by atoms with van der Waals surface area (Å²) >= 11 is 3.02. The molecule has 2 aromatic carbocycles. The summed E-state index contributed by atoms with van der Waals surface area (Å²) < 4.78 is 1.81. The van der Waals surface area contributed by atoms with E-state index in [-0.39, 0.29) is 5.91 Å². The van der Waals surface area contributed by atoms with E-state index in [1.807, 2.05) is 52.7 Å². The van der Waals surface area contributed by atoms with Gasteiger partial charge in [0.2, 0.25) is 0 Å². The van der Waals surface area contributed by atoms with E-state index in [0.29, 0.717) is 22.8 Å². The van der Waals surface area contributed by atoms with Crippen LogP contribution in [0, 0.1) is 0 Å². The molecule has 0 saturated heterocycles. The number of rotatable bonds is 7. The zero-order valence-corrected chi connectivity index (χ0v) is 20.2. The Kier molecular flexibility index (Phi) is 6.24. The molecule has 0 saturated carbocycles. The van der Waals surface area contributed by atoms with Crippen molar-refractivity contribution in [1.29, 1.82) is 0 Å². The van der Waals surface area contributed by atoms with Gasteiger partial charge in [0.15, 0.2) is 0 Å². The molecule has 6 nitrogen and oxygen atoms in total. The van der Waals surface area contributed by atoms with Gasteiger partial charge in [0.25, 0.3) is 5.91 Å². The van der Waals surface area contributed by atoms with Gasteiger partial charge in [-0.05, 0) is 58.8 Å². The Labute approximate surface area is 205 Å². The fraction of sp³-hybridized carbons (Fsp3) is 0.115. The third kappa shape index (κ3) is 4.78. The van der Waals surface area contributed by atoms with Gasteiger partial charge in [-0.2, -0.15) is 0 Å². The van der Waals surface area contributed by atoms with Gasteiger partial charge in [-0.1, -0.05) is 48.5 Å². The van der Waals surface area contributed by atoms with Crippen molar-refractivity contribution in [2.45, 2.75) is 19.9 Å². The third-order valence-corrected chi connectivity index (χ3v) is 7.53. The Morgan fingerprint density at radius 1 is 1.03 bits per heavy atom. The quantitative estimate of drug-likeness (QED) is 0.270. The van der Waals surface area contributed by atoms with Gasteiger partial charge in [0, 0.05) is 4.88 Å². The average Bonchev–Trinajstić information content (AvgIpc) is 3.62. The molecule has 8 heteroatoms. The molecular formula is C26H23N5OS2. The highest BCUT2D eigenvalue weighted by atomic mass is 32.1. The van der Waals surface area contributed by atoms with Crippen molar-refractivity contribution in [3.63, 3.8) is 0 Å². The number of hydrogen-bond acceptors (Lipinski definition) is 6. The molecule has 0 aliphatic heterocycles. The summed E-state index contributed by atoms with van der Waals surface area (Å²) in [6.07, 6.45) is 2.93. The fourth-order valence-electron chi connectivity index (χ4n) is 3.60. The largest absolute Gasteiger partial charge is 0.397 e. The Balaban J connectivity index is 1.29. The van der Waals surface area contributed by atoms with Gasteiger partial charge in [-0.3, -0.25) is 4.79 Å². The minimum absolute atomic E-state index is 0.199. The molecule has 1 amide bonds. The number of aryl methyl sites for hydroxylation is 1. The van der Waals surface area contributed by atoms with Crippen molar-refractivity contribution in [3.8, 4) is 21.0 Å². The number of nitrogens with two attached hydrogens (primary N) is 1. The molecule has 3 N–H and O–H groups in total. The maximum atomic E-state index is 12.9. The van der Waals surface area contributed by atoms with Gasteiger partial charge in [0.05, 0.1) is 33.9 Å². The molecule has 0 spiro atoms. The second-order valence-corrected chi connectivity index (χ2v) is 9.90. The Bertz CT molecular complexity index is 1420. The molecule has 0 fully saturated rings. The lowest BCUT2D eigenvalue weighted by atomic mass is 10.1. The Morgan fingerprint density at radius 3 is 2.62 bits per heavy atom. The van der Waals surface area contributed by atoms with Gasteiger partial charge in [-0.25, -0.2) is 4.68 Å². The van der Waals surface area contributed by atoms with Gasteiger partial charge in [0.1, 0.15) is 5.69 Å². The van der Waals surface area contributed by atoms with Crippen LogP contribution in [0.1, 0.15) is 27.7 Å². The number of thiophene rings is 2. The highest BCUT2D eigenvalue weighted by molar-refractivity contribution is 7.17. The summed E-state index contributed by atoms with van der Waals surface area (Å²) in [7, 11) is 0. The maximum absolute atomic E-state index is 12.9. The molecule has 0 bridgehead atoms. The van der Waals surface area contributed by atoms with Crippen LogP contribution in [0.5, 0.6) is 0 Å². The molecule has 5 rings (SSSR count). The molecule has 3 heterocycles. The number of anilines is 2. The van der Waals surface area contributed by atoms with Gasteiger partial charge in [-0.15, -0.1) is 27.8 Å². The van der Waals surface area contributed by atoms with E-state index in [9.17, 15) is 4.79 Å². The average molecular weight is 486 g/mol. The predicted molar refractivity (Wildman–Crippen MR) is 140 cm³/mol. The van der Waals surface area contributed by atoms with Crippen molar-refractivity contribution >= 4 is 40.0 Å². The monoisotopic (exact) mass is 485 g/mol. The summed E-state index contributed by atoms with van der Waals surface area (Å²) in [6.45, 7) is 2.79. The molecule has 0 radical (unpaired) electrons. The molecule has 0 unspecified atom stereocenters. The SMILES string of the molecule is CCc1ccc(Cn2cc(-c3ccc(C(=O)Nc4cc(-c5cccs5)ccc4N)s3)nn2)cc1. The second kappa shape index (κ2) is 9.62. The lowest BCUT2D eigenvalue weighted by Crippen LogP contribution is -2.11. The Hall–Kier alpha value is -3.75. The van der Waals surface area contributed by atoms with Gasteiger partial charge < -0.3 is 11.1 Å². The summed E-state index contributed by atoms with van der Waals surface area (Å²) in [5.41, 5.74) is 11.5. The maximum Gasteiger partial charge on any atom is 0.265 e. The van der Waals surface area contributed by atoms with Crippen LogP contribution in [-0.2, 0) is 13.0 Å². The van der Waals surface area contributed by atoms with Crippen LogP contribution in [-0.4, -0.2) is 20.9 Å². The highest BCUT2D eigenvalue weighted by Crippen LogP contribution is 2.32. The number of nitrogen functional groups attached to an aromatic ring is 1. The topological polar surface area (TPSA) is 85.8 Å². The van der Waals surface area contributed by atoms with E-state index in [2.05, 4.69) is 46.8 Å². The second-order valence-electron chi connectivity index (χ2n) is 7.87. The number of aromatic nitrogens is 3. The van der Waals surface area contributed by atoms with Crippen LogP contribution in [0.3, 0.4) is 0 Å². The van der Waals surface area contributed by atoms with Crippen molar-refractivity contribution in [1.82, 2.24) is 15.0 Å². The number of carbonyl (C=O) groups is 1. The number of nitrogens with one attached hydrogen (secondary N) is 1. The molecule has 3 aromatic heterocycles. The first-order valence-corrected chi connectivity index (χ1v) is 12.6. The number of amides is 1. The third-order valence-electron chi connectivity index (χ3n) is 5.50. The number of carbonyl (C=O) groups excluding carboxylic acids is 1. The van der Waals surface area contributed by atoms with Crippen LogP contribution < -0.4 is 11.1 Å². The number of hydrogen-bond donors (Lipinski definition) is 2. The lowest BCUT2D eigenvalue weighted by molar-refractivity contribution is 0.103. The number of nitrogens with zero attached hydrogens (tertiary/aromatic N) is 3. The van der Waals surface area contributed by atoms with Crippen molar-refractivity contribution in [2.24, 2.45) is 0 Å². The zero-order chi connectivity index (χ0) is 23.5. The minimum atomic E-state index is -0.199. The van der Waals surface area contributed by atoms with E-state index >= 15 is 0 Å². The molecule has 34 heavy (non-hydrogen) atoms. The highest BCUT2D eigenvalue weighted by Gasteiger charge is 2.15. The lowest BCUT2D eigenvalue weighted by Gasteiger charge is -2.09. The van der Waals surface area contributed by atoms with E-state index < -0.39 is 0 Å². The van der Waals surface area contributed by atoms with Crippen LogP contribution in [0.15, 0.2) is 78.3 Å². The first-order chi connectivity index (χ1) is 16.6. The molecule has 0 aliphatic carbocycles. The van der Waals surface area contributed by atoms with Crippen LogP contribution >= 0.6 is 22.7 Å². The van der Waals surface area contributed by atoms with E-state index in [0.717, 1.165) is 27.4 Å². The molecule has 0 atom stereocenters. The van der Waals surface area contributed by atoms with Crippen molar-refractivity contribution < 1.29 is 4.79 Å². The van der Waals surface area contributed by atoms with E-state index in [1.165, 1.54) is 22.5 Å². The Morgan fingerprint density at radius 2 is 1.85 bits per heavy atom. The predicted octanol–water partition coefficient (Wildman–Crippen LogP) is 6.18. The van der Waals surface area contributed by atoms with Crippen LogP contribution in [0.25, 0.3) is 21.0 Å². The van der Waals surface area contributed by atoms with Crippen molar-refractivity contribution in [3.05, 3.63) is 94.3 Å². The molecule has 0 aliphatic rings. The first-order valence-electron chi connectivity index (χ1n) is 10.9. The minimum Gasteiger partial charge on any atom is -0.397 e. The molecule has 5 aromatic rings. The summed E-state index contributed by atoms with van der Waals surface area (Å²) in [5, 5.41) is 13.5. The fourth-order valence-corrected chi connectivity index (χ4v) is 5.17.